The van der Waals surface area contributed by atoms with Crippen molar-refractivity contribution in [3.8, 4) is 17.2 Å². The fourth-order valence-corrected chi connectivity index (χ4v) is 1.83. The summed E-state index contributed by atoms with van der Waals surface area (Å²) in [5, 5.41) is 0. The van der Waals surface area contributed by atoms with Gasteiger partial charge in [-0.2, -0.15) is 0 Å². The van der Waals surface area contributed by atoms with Gasteiger partial charge in [-0.3, -0.25) is 0 Å². The SMILES string of the molecule is COc1cc(C)ccc1OC(=O)c1ccccc1OC. The number of carbonyl (C=O) groups is 1. The number of hydrogen-bond acceptors (Lipinski definition) is 4. The number of esters is 1. The van der Waals surface area contributed by atoms with Crippen LogP contribution in [-0.4, -0.2) is 20.2 Å². The first-order valence-electron chi connectivity index (χ1n) is 6.15. The molecule has 4 nitrogen and oxygen atoms in total. The van der Waals surface area contributed by atoms with Crippen LogP contribution in [0.25, 0.3) is 0 Å². The Morgan fingerprint density at radius 3 is 2.30 bits per heavy atom. The molecule has 0 saturated carbocycles. The quantitative estimate of drug-likeness (QED) is 0.633. The molecule has 104 valence electrons. The van der Waals surface area contributed by atoms with E-state index in [9.17, 15) is 4.79 Å². The molecule has 0 aliphatic rings. The maximum atomic E-state index is 12.2. The standard InChI is InChI=1S/C16H16O4/c1-11-8-9-14(15(10-11)19-3)20-16(17)12-6-4-5-7-13(12)18-2/h4-10H,1-3H3. The summed E-state index contributed by atoms with van der Waals surface area (Å²) in [6, 6.07) is 12.3. The van der Waals surface area contributed by atoms with E-state index < -0.39 is 5.97 Å². The first-order valence-corrected chi connectivity index (χ1v) is 6.15. The summed E-state index contributed by atoms with van der Waals surface area (Å²) in [4.78, 5) is 12.2. The van der Waals surface area contributed by atoms with E-state index in [-0.39, 0.29) is 0 Å². The monoisotopic (exact) mass is 272 g/mol. The van der Waals surface area contributed by atoms with Crippen molar-refractivity contribution in [2.75, 3.05) is 14.2 Å². The van der Waals surface area contributed by atoms with Crippen molar-refractivity contribution < 1.29 is 19.0 Å². The number of benzene rings is 2. The molecule has 0 unspecified atom stereocenters. The predicted molar refractivity (Wildman–Crippen MR) is 75.7 cm³/mol. The van der Waals surface area contributed by atoms with Crippen LogP contribution < -0.4 is 14.2 Å². The molecule has 0 saturated heterocycles. The number of methoxy groups -OCH3 is 2. The van der Waals surface area contributed by atoms with E-state index in [0.29, 0.717) is 22.8 Å². The van der Waals surface area contributed by atoms with Gasteiger partial charge in [0.25, 0.3) is 0 Å². The van der Waals surface area contributed by atoms with E-state index in [4.69, 9.17) is 14.2 Å². The molecule has 0 aliphatic heterocycles. The van der Waals surface area contributed by atoms with Gasteiger partial charge in [0, 0.05) is 0 Å². The lowest BCUT2D eigenvalue weighted by Crippen LogP contribution is -2.10. The predicted octanol–water partition coefficient (Wildman–Crippen LogP) is 3.23. The summed E-state index contributed by atoms with van der Waals surface area (Å²) in [7, 11) is 3.05. The van der Waals surface area contributed by atoms with E-state index in [2.05, 4.69) is 0 Å². The van der Waals surface area contributed by atoms with Gasteiger partial charge in [0.05, 0.1) is 14.2 Å². The molecule has 0 heterocycles. The van der Waals surface area contributed by atoms with Gasteiger partial charge in [-0.1, -0.05) is 18.2 Å². The van der Waals surface area contributed by atoms with Gasteiger partial charge in [-0.05, 0) is 36.8 Å². The molecule has 4 heteroatoms. The van der Waals surface area contributed by atoms with E-state index in [1.54, 1.807) is 30.3 Å². The van der Waals surface area contributed by atoms with Crippen LogP contribution in [-0.2, 0) is 0 Å². The number of rotatable bonds is 4. The van der Waals surface area contributed by atoms with Crippen LogP contribution in [0.15, 0.2) is 42.5 Å². The van der Waals surface area contributed by atoms with Crippen LogP contribution >= 0.6 is 0 Å². The average Bonchev–Trinajstić information content (AvgIpc) is 2.48. The summed E-state index contributed by atoms with van der Waals surface area (Å²) in [6.07, 6.45) is 0. The molecule has 0 radical (unpaired) electrons. The Morgan fingerprint density at radius 1 is 0.900 bits per heavy atom. The normalized spacial score (nSPS) is 9.95. The highest BCUT2D eigenvalue weighted by Gasteiger charge is 2.16. The molecule has 20 heavy (non-hydrogen) atoms. The molecule has 0 fully saturated rings. The van der Waals surface area contributed by atoms with E-state index in [1.165, 1.54) is 14.2 Å². The molecular weight excluding hydrogens is 256 g/mol. The fourth-order valence-electron chi connectivity index (χ4n) is 1.83. The van der Waals surface area contributed by atoms with Crippen molar-refractivity contribution in [3.63, 3.8) is 0 Å². The molecule has 2 rings (SSSR count). The Bertz CT molecular complexity index is 620. The summed E-state index contributed by atoms with van der Waals surface area (Å²) in [6.45, 7) is 1.94. The van der Waals surface area contributed by atoms with Gasteiger partial charge in [-0.15, -0.1) is 0 Å². The van der Waals surface area contributed by atoms with E-state index in [0.717, 1.165) is 5.56 Å². The molecule has 2 aromatic carbocycles. The topological polar surface area (TPSA) is 44.8 Å². The Hall–Kier alpha value is -2.49. The van der Waals surface area contributed by atoms with Crippen molar-refractivity contribution in [2.45, 2.75) is 6.92 Å². The van der Waals surface area contributed by atoms with Crippen molar-refractivity contribution >= 4 is 5.97 Å². The second-order valence-electron chi connectivity index (χ2n) is 4.24. The van der Waals surface area contributed by atoms with Crippen molar-refractivity contribution in [3.05, 3.63) is 53.6 Å². The van der Waals surface area contributed by atoms with Crippen molar-refractivity contribution in [2.24, 2.45) is 0 Å². The Balaban J connectivity index is 2.28. The summed E-state index contributed by atoms with van der Waals surface area (Å²) >= 11 is 0. The van der Waals surface area contributed by atoms with Crippen LogP contribution in [0, 0.1) is 6.92 Å². The highest BCUT2D eigenvalue weighted by Crippen LogP contribution is 2.29. The molecule has 0 aromatic heterocycles. The summed E-state index contributed by atoms with van der Waals surface area (Å²) < 4.78 is 15.7. The van der Waals surface area contributed by atoms with Crippen molar-refractivity contribution in [1.82, 2.24) is 0 Å². The van der Waals surface area contributed by atoms with Crippen LogP contribution in [0.1, 0.15) is 15.9 Å². The number of aryl methyl sites for hydroxylation is 1. The Morgan fingerprint density at radius 2 is 1.60 bits per heavy atom. The van der Waals surface area contributed by atoms with Crippen LogP contribution in [0.5, 0.6) is 17.2 Å². The first kappa shape index (κ1) is 13.9. The minimum atomic E-state index is -0.482. The lowest BCUT2D eigenvalue weighted by Gasteiger charge is -2.11. The van der Waals surface area contributed by atoms with Gasteiger partial charge < -0.3 is 14.2 Å². The zero-order chi connectivity index (χ0) is 14.5. The third-order valence-corrected chi connectivity index (χ3v) is 2.85. The maximum Gasteiger partial charge on any atom is 0.347 e. The highest BCUT2D eigenvalue weighted by molar-refractivity contribution is 5.94. The minimum absolute atomic E-state index is 0.373. The second kappa shape index (κ2) is 6.10. The van der Waals surface area contributed by atoms with Crippen LogP contribution in [0.3, 0.4) is 0 Å². The molecule has 0 bridgehead atoms. The first-order chi connectivity index (χ1) is 9.65. The van der Waals surface area contributed by atoms with Gasteiger partial charge in [0.2, 0.25) is 0 Å². The molecule has 2 aromatic rings. The zero-order valence-electron chi connectivity index (χ0n) is 11.7. The number of para-hydroxylation sites is 1. The van der Waals surface area contributed by atoms with Gasteiger partial charge >= 0.3 is 5.97 Å². The van der Waals surface area contributed by atoms with Crippen molar-refractivity contribution in [1.29, 1.82) is 0 Å². The van der Waals surface area contributed by atoms with Gasteiger partial charge in [0.15, 0.2) is 11.5 Å². The Kier molecular flexibility index (Phi) is 4.25. The second-order valence-corrected chi connectivity index (χ2v) is 4.24. The van der Waals surface area contributed by atoms with Gasteiger partial charge in [-0.25, -0.2) is 4.79 Å². The van der Waals surface area contributed by atoms with E-state index >= 15 is 0 Å². The Labute approximate surface area is 117 Å². The number of carbonyl (C=O) groups excluding carboxylic acids is 1. The largest absolute Gasteiger partial charge is 0.496 e. The fraction of sp³-hybridized carbons (Fsp3) is 0.188. The van der Waals surface area contributed by atoms with E-state index in [1.807, 2.05) is 19.1 Å². The number of hydrogen-bond donors (Lipinski definition) is 0. The molecule has 0 N–H and O–H groups in total. The minimum Gasteiger partial charge on any atom is -0.496 e. The summed E-state index contributed by atoms with van der Waals surface area (Å²) in [5.41, 5.74) is 1.40. The molecule has 0 spiro atoms. The van der Waals surface area contributed by atoms with Gasteiger partial charge in [0.1, 0.15) is 11.3 Å². The smallest absolute Gasteiger partial charge is 0.347 e. The maximum absolute atomic E-state index is 12.2. The summed E-state index contributed by atoms with van der Waals surface area (Å²) in [5.74, 6) is 0.899. The van der Waals surface area contributed by atoms with Crippen LogP contribution in [0.4, 0.5) is 0 Å². The third kappa shape index (κ3) is 2.91. The third-order valence-electron chi connectivity index (χ3n) is 2.85. The zero-order valence-corrected chi connectivity index (χ0v) is 11.7. The molecule has 0 amide bonds. The molecular formula is C16H16O4. The lowest BCUT2D eigenvalue weighted by atomic mass is 10.2. The lowest BCUT2D eigenvalue weighted by molar-refractivity contribution is 0.0726. The average molecular weight is 272 g/mol. The molecule has 0 aliphatic carbocycles. The highest BCUT2D eigenvalue weighted by atomic mass is 16.6. The molecule has 0 atom stereocenters. The van der Waals surface area contributed by atoms with Crippen LogP contribution in [0.2, 0.25) is 0 Å². The number of ether oxygens (including phenoxy) is 3.